The van der Waals surface area contributed by atoms with E-state index in [1.807, 2.05) is 0 Å². The molecule has 2 rings (SSSR count). The van der Waals surface area contributed by atoms with Gasteiger partial charge in [-0.3, -0.25) is 4.79 Å². The Labute approximate surface area is 100 Å². The first-order chi connectivity index (χ1) is 8.29. The number of nitrogens with one attached hydrogen (secondary N) is 1. The summed E-state index contributed by atoms with van der Waals surface area (Å²) in [4.78, 5) is 11.7. The van der Waals surface area contributed by atoms with Gasteiger partial charge in [0, 0.05) is 25.1 Å². The van der Waals surface area contributed by atoms with E-state index >= 15 is 0 Å². The fraction of sp³-hybridized carbons (Fsp3) is 0.583. The highest BCUT2D eigenvalue weighted by atomic mass is 16.1. The third-order valence-corrected chi connectivity index (χ3v) is 3.00. The summed E-state index contributed by atoms with van der Waals surface area (Å²) < 4.78 is 1.41. The number of unbranched alkanes of at least 4 members (excludes halogenated alkanes) is 1. The molecule has 1 N–H and O–H groups in total. The van der Waals surface area contributed by atoms with E-state index in [0.717, 1.165) is 5.69 Å². The summed E-state index contributed by atoms with van der Waals surface area (Å²) in [5.41, 5.74) is 0.698. The van der Waals surface area contributed by atoms with E-state index < -0.39 is 0 Å². The molecule has 0 saturated heterocycles. The zero-order chi connectivity index (χ0) is 12.1. The first-order valence-electron chi connectivity index (χ1n) is 6.00. The lowest BCUT2D eigenvalue weighted by atomic mass is 9.93. The van der Waals surface area contributed by atoms with Crippen LogP contribution in [0.2, 0.25) is 0 Å². The summed E-state index contributed by atoms with van der Waals surface area (Å²) in [7, 11) is 0. The van der Waals surface area contributed by atoms with E-state index in [4.69, 9.17) is 5.26 Å². The molecule has 90 valence electrons. The van der Waals surface area contributed by atoms with Crippen molar-refractivity contribution in [3.05, 3.63) is 22.6 Å². The molecule has 1 heterocycles. The van der Waals surface area contributed by atoms with Gasteiger partial charge < -0.3 is 5.32 Å². The van der Waals surface area contributed by atoms with Gasteiger partial charge in [0.1, 0.15) is 0 Å². The monoisotopic (exact) mass is 232 g/mol. The maximum absolute atomic E-state index is 11.7. The topological polar surface area (TPSA) is 70.7 Å². The number of hydrogen-bond acceptors (Lipinski definition) is 4. The molecular formula is C12H16N4O. The van der Waals surface area contributed by atoms with Crippen molar-refractivity contribution < 1.29 is 0 Å². The van der Waals surface area contributed by atoms with Crippen molar-refractivity contribution in [2.75, 3.05) is 5.32 Å². The summed E-state index contributed by atoms with van der Waals surface area (Å²) in [6.07, 6.45) is 6.41. The summed E-state index contributed by atoms with van der Waals surface area (Å²) in [6.45, 7) is 0.510. The van der Waals surface area contributed by atoms with E-state index in [-0.39, 0.29) is 5.56 Å². The third kappa shape index (κ3) is 3.06. The van der Waals surface area contributed by atoms with Crippen LogP contribution >= 0.6 is 0 Å². The van der Waals surface area contributed by atoms with Gasteiger partial charge in [-0.1, -0.05) is 0 Å². The molecule has 5 heteroatoms. The number of nitrogens with zero attached hydrogens (tertiary/aromatic N) is 3. The maximum atomic E-state index is 11.7. The van der Waals surface area contributed by atoms with Gasteiger partial charge in [0.2, 0.25) is 0 Å². The molecule has 0 radical (unpaired) electrons. The Morgan fingerprint density at radius 3 is 3.00 bits per heavy atom. The molecule has 0 spiro atoms. The van der Waals surface area contributed by atoms with Crippen molar-refractivity contribution in [1.82, 2.24) is 9.78 Å². The van der Waals surface area contributed by atoms with Crippen molar-refractivity contribution in [3.63, 3.8) is 0 Å². The van der Waals surface area contributed by atoms with Crippen molar-refractivity contribution >= 4 is 5.69 Å². The van der Waals surface area contributed by atoms with Crippen molar-refractivity contribution in [2.24, 2.45) is 0 Å². The van der Waals surface area contributed by atoms with Crippen molar-refractivity contribution in [1.29, 1.82) is 5.26 Å². The SMILES string of the molecule is N#CCCCn1ncc(NC2CCC2)cc1=O. The Bertz CT molecular complexity index is 470. The van der Waals surface area contributed by atoms with Crippen LogP contribution in [0.3, 0.4) is 0 Å². The number of hydrogen-bond donors (Lipinski definition) is 1. The Hall–Kier alpha value is -1.83. The molecule has 1 aromatic heterocycles. The Kier molecular flexibility index (Phi) is 3.76. The summed E-state index contributed by atoms with van der Waals surface area (Å²) >= 11 is 0. The third-order valence-electron chi connectivity index (χ3n) is 3.00. The first kappa shape index (κ1) is 11.6. The fourth-order valence-electron chi connectivity index (χ4n) is 1.78. The summed E-state index contributed by atoms with van der Waals surface area (Å²) in [6, 6.07) is 4.14. The molecule has 1 aliphatic carbocycles. The number of rotatable bonds is 5. The Balaban J connectivity index is 1.96. The van der Waals surface area contributed by atoms with Gasteiger partial charge in [-0.15, -0.1) is 0 Å². The van der Waals surface area contributed by atoms with E-state index in [1.165, 1.54) is 23.9 Å². The summed E-state index contributed by atoms with van der Waals surface area (Å²) in [5, 5.41) is 15.8. The molecule has 1 fully saturated rings. The highest BCUT2D eigenvalue weighted by Crippen LogP contribution is 2.21. The maximum Gasteiger partial charge on any atom is 0.268 e. The molecular weight excluding hydrogens is 216 g/mol. The summed E-state index contributed by atoms with van der Waals surface area (Å²) in [5.74, 6) is 0. The van der Waals surface area contributed by atoms with Crippen LogP contribution in [-0.2, 0) is 6.54 Å². The van der Waals surface area contributed by atoms with E-state index in [1.54, 1.807) is 12.3 Å². The molecule has 0 bridgehead atoms. The standard InChI is InChI=1S/C12H16N4O/c13-6-1-2-7-16-12(17)8-11(9-14-16)15-10-4-3-5-10/h8-10,15H,1-5,7H2. The molecule has 0 aromatic carbocycles. The predicted octanol–water partition coefficient (Wildman–Crippen LogP) is 1.51. The van der Waals surface area contributed by atoms with Gasteiger partial charge in [0.25, 0.3) is 5.56 Å². The van der Waals surface area contributed by atoms with E-state index in [2.05, 4.69) is 16.5 Å². The van der Waals surface area contributed by atoms with Crippen LogP contribution in [-0.4, -0.2) is 15.8 Å². The van der Waals surface area contributed by atoms with Crippen LogP contribution in [0.4, 0.5) is 5.69 Å². The molecule has 1 aliphatic rings. The number of aryl methyl sites for hydroxylation is 1. The lowest BCUT2D eigenvalue weighted by molar-refractivity contribution is 0.445. The lowest BCUT2D eigenvalue weighted by Gasteiger charge is -2.27. The first-order valence-corrected chi connectivity index (χ1v) is 6.00. The van der Waals surface area contributed by atoms with Crippen LogP contribution < -0.4 is 10.9 Å². The molecule has 1 aromatic rings. The molecule has 5 nitrogen and oxygen atoms in total. The van der Waals surface area contributed by atoms with Gasteiger partial charge in [-0.05, 0) is 25.7 Å². The predicted molar refractivity (Wildman–Crippen MR) is 64.6 cm³/mol. The van der Waals surface area contributed by atoms with Gasteiger partial charge in [0.15, 0.2) is 0 Å². The molecule has 17 heavy (non-hydrogen) atoms. The average Bonchev–Trinajstić information content (AvgIpc) is 2.27. The van der Waals surface area contributed by atoms with Gasteiger partial charge in [-0.2, -0.15) is 10.4 Å². The number of nitriles is 1. The van der Waals surface area contributed by atoms with Crippen LogP contribution in [0.15, 0.2) is 17.1 Å². The van der Waals surface area contributed by atoms with Gasteiger partial charge >= 0.3 is 0 Å². The number of aromatic nitrogens is 2. The van der Waals surface area contributed by atoms with Crippen molar-refractivity contribution in [3.8, 4) is 6.07 Å². The molecule has 0 atom stereocenters. The molecule has 0 unspecified atom stereocenters. The normalized spacial score (nSPS) is 15.0. The van der Waals surface area contributed by atoms with Crippen molar-refractivity contribution in [2.45, 2.75) is 44.7 Å². The van der Waals surface area contributed by atoms with E-state index in [0.29, 0.717) is 25.4 Å². The van der Waals surface area contributed by atoms with E-state index in [9.17, 15) is 4.79 Å². The fourth-order valence-corrected chi connectivity index (χ4v) is 1.78. The Morgan fingerprint density at radius 2 is 2.41 bits per heavy atom. The Morgan fingerprint density at radius 1 is 1.59 bits per heavy atom. The average molecular weight is 232 g/mol. The van der Waals surface area contributed by atoms with Gasteiger partial charge in [-0.25, -0.2) is 4.68 Å². The molecule has 0 amide bonds. The smallest absolute Gasteiger partial charge is 0.268 e. The minimum atomic E-state index is -0.104. The highest BCUT2D eigenvalue weighted by molar-refractivity contribution is 5.40. The minimum absolute atomic E-state index is 0.104. The second-order valence-corrected chi connectivity index (χ2v) is 4.34. The van der Waals surface area contributed by atoms with Crippen LogP contribution in [0.5, 0.6) is 0 Å². The lowest BCUT2D eigenvalue weighted by Crippen LogP contribution is -2.29. The minimum Gasteiger partial charge on any atom is -0.381 e. The second kappa shape index (κ2) is 5.48. The zero-order valence-electron chi connectivity index (χ0n) is 9.72. The van der Waals surface area contributed by atoms with Crippen LogP contribution in [0.1, 0.15) is 32.1 Å². The molecule has 0 aliphatic heterocycles. The molecule has 1 saturated carbocycles. The number of anilines is 1. The zero-order valence-corrected chi connectivity index (χ0v) is 9.72. The quantitative estimate of drug-likeness (QED) is 0.781. The van der Waals surface area contributed by atoms with Gasteiger partial charge in [0.05, 0.1) is 18.0 Å². The highest BCUT2D eigenvalue weighted by Gasteiger charge is 2.17. The van der Waals surface area contributed by atoms with Crippen LogP contribution in [0, 0.1) is 11.3 Å². The van der Waals surface area contributed by atoms with Crippen LogP contribution in [0.25, 0.3) is 0 Å². The second-order valence-electron chi connectivity index (χ2n) is 4.34. The largest absolute Gasteiger partial charge is 0.381 e.